The number of hydrogen-bond donors (Lipinski definition) is 1. The van der Waals surface area contributed by atoms with Crippen LogP contribution in [-0.4, -0.2) is 32.4 Å². The number of nitrogens with one attached hydrogen (secondary N) is 1. The molecule has 2 aromatic carbocycles. The van der Waals surface area contributed by atoms with Gasteiger partial charge in [0.05, 0.1) is 25.9 Å². The first-order chi connectivity index (χ1) is 14.5. The van der Waals surface area contributed by atoms with Crippen LogP contribution in [0, 0.1) is 0 Å². The molecule has 1 saturated carbocycles. The van der Waals surface area contributed by atoms with Gasteiger partial charge < -0.3 is 9.47 Å². The number of aromatic nitrogens is 2. The average molecular weight is 428 g/mol. The predicted octanol–water partition coefficient (Wildman–Crippen LogP) is 4.48. The van der Waals surface area contributed by atoms with Crippen LogP contribution >= 0.6 is 0 Å². The smallest absolute Gasteiger partial charge is 0.265 e. The largest absolute Gasteiger partial charge is 0.497 e. The number of hydrogen-bond acceptors (Lipinski definition) is 5. The zero-order chi connectivity index (χ0) is 21.1. The maximum atomic E-state index is 13.4. The lowest BCUT2D eigenvalue weighted by Gasteiger charge is -2.13. The Bertz CT molecular complexity index is 1120. The second kappa shape index (κ2) is 8.39. The summed E-state index contributed by atoms with van der Waals surface area (Å²) >= 11 is 0. The fourth-order valence-corrected chi connectivity index (χ4v) is 5.03. The summed E-state index contributed by atoms with van der Waals surface area (Å²) in [6.45, 7) is 0. The quantitative estimate of drug-likeness (QED) is 0.601. The SMILES string of the molecule is COc1ccc(NS(=O)(=O)c2cn(C3CCCC3)nc2-c2ccccc2)c(OC)c1. The van der Waals surface area contributed by atoms with Gasteiger partial charge in [-0.25, -0.2) is 8.42 Å². The Morgan fingerprint density at radius 2 is 1.77 bits per heavy atom. The Morgan fingerprint density at radius 1 is 1.03 bits per heavy atom. The average Bonchev–Trinajstić information content (AvgIpc) is 3.44. The number of methoxy groups -OCH3 is 2. The van der Waals surface area contributed by atoms with Crippen LogP contribution in [0.25, 0.3) is 11.3 Å². The van der Waals surface area contributed by atoms with Gasteiger partial charge >= 0.3 is 0 Å². The fourth-order valence-electron chi connectivity index (χ4n) is 3.81. The van der Waals surface area contributed by atoms with Crippen molar-refractivity contribution >= 4 is 15.7 Å². The van der Waals surface area contributed by atoms with E-state index in [1.165, 1.54) is 7.11 Å². The van der Waals surface area contributed by atoms with Crippen LogP contribution in [0.3, 0.4) is 0 Å². The predicted molar refractivity (Wildman–Crippen MR) is 116 cm³/mol. The molecule has 1 N–H and O–H groups in total. The molecule has 158 valence electrons. The first-order valence-corrected chi connectivity index (χ1v) is 11.4. The third-order valence-corrected chi connectivity index (χ3v) is 6.75. The van der Waals surface area contributed by atoms with Crippen molar-refractivity contribution in [3.8, 4) is 22.8 Å². The Labute approximate surface area is 176 Å². The highest BCUT2D eigenvalue weighted by Crippen LogP contribution is 2.35. The van der Waals surface area contributed by atoms with Crippen molar-refractivity contribution in [1.29, 1.82) is 0 Å². The lowest BCUT2D eigenvalue weighted by Crippen LogP contribution is -2.14. The summed E-state index contributed by atoms with van der Waals surface area (Å²) in [6.07, 6.45) is 5.93. The summed E-state index contributed by atoms with van der Waals surface area (Å²) in [5.74, 6) is 0.955. The third-order valence-electron chi connectivity index (χ3n) is 5.39. The minimum atomic E-state index is -3.91. The number of benzene rings is 2. The molecule has 0 radical (unpaired) electrons. The van der Waals surface area contributed by atoms with Gasteiger partial charge in [-0.3, -0.25) is 9.40 Å². The molecule has 1 heterocycles. The van der Waals surface area contributed by atoms with E-state index < -0.39 is 10.0 Å². The molecule has 30 heavy (non-hydrogen) atoms. The number of ether oxygens (including phenoxy) is 2. The van der Waals surface area contributed by atoms with E-state index in [1.54, 1.807) is 31.5 Å². The topological polar surface area (TPSA) is 82.5 Å². The summed E-state index contributed by atoms with van der Waals surface area (Å²) in [5, 5.41) is 4.69. The maximum absolute atomic E-state index is 13.4. The molecule has 8 heteroatoms. The molecular weight excluding hydrogens is 402 g/mol. The van der Waals surface area contributed by atoms with Gasteiger partial charge in [0, 0.05) is 17.8 Å². The van der Waals surface area contributed by atoms with Gasteiger partial charge in [0.1, 0.15) is 22.1 Å². The minimum absolute atomic E-state index is 0.151. The minimum Gasteiger partial charge on any atom is -0.497 e. The van der Waals surface area contributed by atoms with Gasteiger partial charge in [-0.05, 0) is 25.0 Å². The van der Waals surface area contributed by atoms with Crippen molar-refractivity contribution in [1.82, 2.24) is 9.78 Å². The molecule has 0 amide bonds. The molecule has 0 spiro atoms. The van der Waals surface area contributed by atoms with Crippen LogP contribution in [0.5, 0.6) is 11.5 Å². The summed E-state index contributed by atoms with van der Waals surface area (Å²) < 4.78 is 41.8. The molecule has 7 nitrogen and oxygen atoms in total. The molecule has 1 aliphatic carbocycles. The third kappa shape index (κ3) is 4.00. The first kappa shape index (κ1) is 20.3. The Hall–Kier alpha value is -3.00. The highest BCUT2D eigenvalue weighted by Gasteiger charge is 2.28. The number of sulfonamides is 1. The van der Waals surface area contributed by atoms with Gasteiger partial charge in [-0.1, -0.05) is 43.2 Å². The molecule has 4 rings (SSSR count). The van der Waals surface area contributed by atoms with E-state index in [2.05, 4.69) is 9.82 Å². The van der Waals surface area contributed by atoms with Gasteiger partial charge in [0.15, 0.2) is 0 Å². The molecule has 1 fully saturated rings. The van der Waals surface area contributed by atoms with Crippen LogP contribution in [0.15, 0.2) is 59.6 Å². The lowest BCUT2D eigenvalue weighted by atomic mass is 10.2. The molecule has 1 aliphatic rings. The van der Waals surface area contributed by atoms with Crippen molar-refractivity contribution < 1.29 is 17.9 Å². The van der Waals surface area contributed by atoms with E-state index in [1.807, 2.05) is 35.0 Å². The zero-order valence-electron chi connectivity index (χ0n) is 17.0. The van der Waals surface area contributed by atoms with Crippen LogP contribution in [0.2, 0.25) is 0 Å². The standard InChI is InChI=1S/C22H25N3O4S/c1-28-18-12-13-19(20(14-18)29-2)24-30(26,27)21-15-25(17-10-6-7-11-17)23-22(21)16-8-4-3-5-9-16/h3-5,8-9,12-15,17,24H,6-7,10-11H2,1-2H3. The molecular formula is C22H25N3O4S. The molecule has 1 aromatic heterocycles. The van der Waals surface area contributed by atoms with Crippen molar-refractivity contribution in [2.24, 2.45) is 0 Å². The van der Waals surface area contributed by atoms with Crippen LogP contribution in [0.1, 0.15) is 31.7 Å². The van der Waals surface area contributed by atoms with Gasteiger partial charge in [-0.15, -0.1) is 0 Å². The van der Waals surface area contributed by atoms with E-state index in [0.717, 1.165) is 31.2 Å². The van der Waals surface area contributed by atoms with E-state index in [9.17, 15) is 8.42 Å². The van der Waals surface area contributed by atoms with Crippen LogP contribution in [0.4, 0.5) is 5.69 Å². The molecule has 0 unspecified atom stereocenters. The van der Waals surface area contributed by atoms with Crippen molar-refractivity contribution in [3.05, 3.63) is 54.7 Å². The Morgan fingerprint density at radius 3 is 2.43 bits per heavy atom. The molecule has 0 atom stereocenters. The van der Waals surface area contributed by atoms with Gasteiger partial charge in [-0.2, -0.15) is 5.10 Å². The van der Waals surface area contributed by atoms with E-state index in [4.69, 9.17) is 9.47 Å². The van der Waals surface area contributed by atoms with Crippen molar-refractivity contribution in [2.45, 2.75) is 36.6 Å². The molecule has 0 saturated heterocycles. The highest BCUT2D eigenvalue weighted by atomic mass is 32.2. The number of rotatable bonds is 7. The van der Waals surface area contributed by atoms with Crippen LogP contribution < -0.4 is 14.2 Å². The maximum Gasteiger partial charge on any atom is 0.265 e. The van der Waals surface area contributed by atoms with Crippen molar-refractivity contribution in [3.63, 3.8) is 0 Å². The van der Waals surface area contributed by atoms with Gasteiger partial charge in [0.25, 0.3) is 10.0 Å². The van der Waals surface area contributed by atoms with E-state index in [0.29, 0.717) is 22.9 Å². The summed E-state index contributed by atoms with van der Waals surface area (Å²) in [4.78, 5) is 0.151. The summed E-state index contributed by atoms with van der Waals surface area (Å²) in [5.41, 5.74) is 1.55. The zero-order valence-corrected chi connectivity index (χ0v) is 17.9. The van der Waals surface area contributed by atoms with Gasteiger partial charge in [0.2, 0.25) is 0 Å². The van der Waals surface area contributed by atoms with Crippen molar-refractivity contribution in [2.75, 3.05) is 18.9 Å². The monoisotopic (exact) mass is 427 g/mol. The number of anilines is 1. The normalized spacial score (nSPS) is 14.6. The summed E-state index contributed by atoms with van der Waals surface area (Å²) in [7, 11) is -0.877. The first-order valence-electron chi connectivity index (χ1n) is 9.91. The number of nitrogens with zero attached hydrogens (tertiary/aromatic N) is 2. The lowest BCUT2D eigenvalue weighted by molar-refractivity contribution is 0.395. The second-order valence-electron chi connectivity index (χ2n) is 7.30. The Kier molecular flexibility index (Phi) is 5.67. The van der Waals surface area contributed by atoms with Crippen LogP contribution in [-0.2, 0) is 10.0 Å². The second-order valence-corrected chi connectivity index (χ2v) is 8.95. The fraction of sp³-hybridized carbons (Fsp3) is 0.318. The molecule has 3 aromatic rings. The Balaban J connectivity index is 1.76. The molecule has 0 bridgehead atoms. The summed E-state index contributed by atoms with van der Waals surface area (Å²) in [6, 6.07) is 14.6. The molecule has 0 aliphatic heterocycles. The van der Waals surface area contributed by atoms with E-state index >= 15 is 0 Å². The highest BCUT2D eigenvalue weighted by molar-refractivity contribution is 7.92. The van der Waals surface area contributed by atoms with E-state index in [-0.39, 0.29) is 10.9 Å².